The van der Waals surface area contributed by atoms with E-state index in [1.54, 1.807) is 38.9 Å². The van der Waals surface area contributed by atoms with Crippen molar-refractivity contribution >= 4 is 23.7 Å². The Hall–Kier alpha value is -3.08. The van der Waals surface area contributed by atoms with E-state index in [4.69, 9.17) is 34.8 Å². The summed E-state index contributed by atoms with van der Waals surface area (Å²) in [5, 5.41) is 11.5. The topological polar surface area (TPSA) is 147 Å². The molecule has 12 nitrogen and oxygen atoms in total. The lowest BCUT2D eigenvalue weighted by Gasteiger charge is -2.48. The zero-order valence-electron chi connectivity index (χ0n) is 30.8. The molecule has 1 N–H and O–H groups in total. The fraction of sp³-hybridized carbons (Fsp3) is 0.730. The zero-order valence-corrected chi connectivity index (χ0v) is 30.8. The fourth-order valence-electron chi connectivity index (χ4n) is 6.66. The van der Waals surface area contributed by atoms with Crippen molar-refractivity contribution < 1.29 is 52.7 Å². The summed E-state index contributed by atoms with van der Waals surface area (Å²) in [7, 11) is 3.54. The van der Waals surface area contributed by atoms with Crippen molar-refractivity contribution in [1.82, 2.24) is 4.90 Å². The van der Waals surface area contributed by atoms with E-state index >= 15 is 0 Å². The Kier molecular flexibility index (Phi) is 17.1. The number of likely N-dealkylation sites (N-methyl/N-ethyl adjacent to an activating group) is 1. The van der Waals surface area contributed by atoms with Gasteiger partial charge in [-0.2, -0.15) is 0 Å². The molecule has 0 amide bonds. The van der Waals surface area contributed by atoms with Crippen LogP contribution in [0.5, 0.6) is 0 Å². The first-order chi connectivity index (χ1) is 23.0. The Bertz CT molecular complexity index is 1220. The molecule has 49 heavy (non-hydrogen) atoms. The molecule has 2 rings (SSSR count). The van der Waals surface area contributed by atoms with E-state index in [0.717, 1.165) is 5.57 Å². The molecule has 1 fully saturated rings. The van der Waals surface area contributed by atoms with Crippen LogP contribution in [0.15, 0.2) is 23.8 Å². The molecule has 2 heterocycles. The molecule has 0 aromatic carbocycles. The van der Waals surface area contributed by atoms with E-state index in [2.05, 4.69) is 5.92 Å². The molecule has 12 atom stereocenters. The van der Waals surface area contributed by atoms with Gasteiger partial charge in [-0.3, -0.25) is 24.1 Å². The number of carbonyl (C=O) groups excluding carboxylic acids is 4. The number of rotatable bonds is 9. The predicted molar refractivity (Wildman–Crippen MR) is 182 cm³/mol. The standard InChI is InChI=1S/C37H57NO11/c1-12-16-44-20-28-17-21(3)14-15-29(41)22(4)18-23(5)34(24(6)30(42)19-32(43)48-31(28)13-2)49-37-36(47-27(9)40)33(38(10)11)35(25(7)45-37)46-26(8)39/h1,14-15,17,22-25,28,30-31,33-37,42H,13,16,18-20H2,2-11H3/t22-,23+,24+,25?,28-,30-,31-,33?,34+,35?,36?,37?/m1/s1. The summed E-state index contributed by atoms with van der Waals surface area (Å²) < 4.78 is 35.8. The molecule has 2 aliphatic rings. The highest BCUT2D eigenvalue weighted by Gasteiger charge is 2.51. The van der Waals surface area contributed by atoms with Crippen molar-refractivity contribution in [3.63, 3.8) is 0 Å². The molecule has 0 saturated carbocycles. The van der Waals surface area contributed by atoms with Crippen LogP contribution in [0.1, 0.15) is 74.7 Å². The monoisotopic (exact) mass is 691 g/mol. The van der Waals surface area contributed by atoms with Gasteiger partial charge in [0.1, 0.15) is 18.8 Å². The molecule has 0 spiro atoms. The molecule has 0 bridgehead atoms. The van der Waals surface area contributed by atoms with Gasteiger partial charge in [0.05, 0.1) is 37.4 Å². The van der Waals surface area contributed by atoms with E-state index in [-0.39, 0.29) is 37.3 Å². The van der Waals surface area contributed by atoms with Gasteiger partial charge in [0.15, 0.2) is 18.2 Å². The summed E-state index contributed by atoms with van der Waals surface area (Å²) in [6.45, 7) is 13.8. The highest BCUT2D eigenvalue weighted by atomic mass is 16.7. The number of hydrogen-bond acceptors (Lipinski definition) is 12. The second-order valence-corrected chi connectivity index (χ2v) is 13.6. The Morgan fingerprint density at radius 1 is 1.04 bits per heavy atom. The average molecular weight is 692 g/mol. The number of ether oxygens (including phenoxy) is 6. The number of carbonyl (C=O) groups is 4. The Balaban J connectivity index is 2.53. The first kappa shape index (κ1) is 42.1. The van der Waals surface area contributed by atoms with E-state index in [1.165, 1.54) is 19.9 Å². The van der Waals surface area contributed by atoms with E-state index in [9.17, 15) is 24.3 Å². The van der Waals surface area contributed by atoms with E-state index in [1.807, 2.05) is 33.8 Å². The van der Waals surface area contributed by atoms with E-state index < -0.39 is 78.7 Å². The number of terminal acetylenes is 1. The lowest BCUT2D eigenvalue weighted by Crippen LogP contribution is -2.65. The van der Waals surface area contributed by atoms with Crippen molar-refractivity contribution in [3.05, 3.63) is 23.8 Å². The van der Waals surface area contributed by atoms with Crippen LogP contribution in [-0.2, 0) is 47.6 Å². The molecular formula is C37H57NO11. The minimum Gasteiger partial charge on any atom is -0.462 e. The highest BCUT2D eigenvalue weighted by Crippen LogP contribution is 2.35. The molecule has 0 aromatic heterocycles. The van der Waals surface area contributed by atoms with Crippen LogP contribution in [0.25, 0.3) is 0 Å². The third-order valence-corrected chi connectivity index (χ3v) is 9.16. The third-order valence-electron chi connectivity index (χ3n) is 9.16. The molecular weight excluding hydrogens is 634 g/mol. The van der Waals surface area contributed by atoms with Crippen LogP contribution in [0.3, 0.4) is 0 Å². The number of aliphatic hydroxyl groups excluding tert-OH is 1. The summed E-state index contributed by atoms with van der Waals surface area (Å²) in [6, 6.07) is -0.635. The van der Waals surface area contributed by atoms with Crippen LogP contribution in [-0.4, -0.2) is 110 Å². The number of ketones is 1. The van der Waals surface area contributed by atoms with Crippen molar-refractivity contribution in [2.75, 3.05) is 27.3 Å². The van der Waals surface area contributed by atoms with Gasteiger partial charge in [0.2, 0.25) is 0 Å². The number of esters is 3. The number of cyclic esters (lactones) is 1. The minimum atomic E-state index is -1.20. The third kappa shape index (κ3) is 12.6. The first-order valence-electron chi connectivity index (χ1n) is 17.1. The van der Waals surface area contributed by atoms with Gasteiger partial charge in [-0.25, -0.2) is 0 Å². The number of allylic oxidation sites excluding steroid dienone is 3. The van der Waals surface area contributed by atoms with E-state index in [0.29, 0.717) is 12.8 Å². The van der Waals surface area contributed by atoms with Gasteiger partial charge in [0, 0.05) is 31.6 Å². The normalized spacial score (nSPS) is 35.2. The van der Waals surface area contributed by atoms with Gasteiger partial charge in [-0.05, 0) is 52.8 Å². The van der Waals surface area contributed by atoms with Crippen LogP contribution in [0.2, 0.25) is 0 Å². The molecule has 12 heteroatoms. The first-order valence-corrected chi connectivity index (χ1v) is 17.1. The van der Waals surface area contributed by atoms with Crippen LogP contribution in [0, 0.1) is 36.0 Å². The summed E-state index contributed by atoms with van der Waals surface area (Å²) in [5.41, 5.74) is 0.793. The highest BCUT2D eigenvalue weighted by molar-refractivity contribution is 5.91. The smallest absolute Gasteiger partial charge is 0.308 e. The van der Waals surface area contributed by atoms with Crippen LogP contribution in [0.4, 0.5) is 0 Å². The molecule has 0 radical (unpaired) electrons. The van der Waals surface area contributed by atoms with Crippen LogP contribution >= 0.6 is 0 Å². The number of aliphatic hydroxyl groups is 1. The fourth-order valence-corrected chi connectivity index (χ4v) is 6.66. The Morgan fingerprint density at radius 2 is 1.67 bits per heavy atom. The maximum Gasteiger partial charge on any atom is 0.308 e. The van der Waals surface area contributed by atoms with Crippen molar-refractivity contribution in [3.8, 4) is 12.3 Å². The van der Waals surface area contributed by atoms with Crippen molar-refractivity contribution in [2.45, 2.75) is 124 Å². The summed E-state index contributed by atoms with van der Waals surface area (Å²) in [6.07, 6.45) is 4.95. The quantitative estimate of drug-likeness (QED) is 0.163. The summed E-state index contributed by atoms with van der Waals surface area (Å²) >= 11 is 0. The molecule has 2 aliphatic heterocycles. The lowest BCUT2D eigenvalue weighted by atomic mass is 9.82. The second-order valence-electron chi connectivity index (χ2n) is 13.6. The maximum atomic E-state index is 13.3. The number of hydrogen-bond donors (Lipinski definition) is 1. The summed E-state index contributed by atoms with van der Waals surface area (Å²) in [5.74, 6) is -1.10. The molecule has 0 aliphatic carbocycles. The molecule has 0 aromatic rings. The van der Waals surface area contributed by atoms with Gasteiger partial charge >= 0.3 is 17.9 Å². The van der Waals surface area contributed by atoms with Gasteiger partial charge in [-0.1, -0.05) is 51.3 Å². The lowest BCUT2D eigenvalue weighted by molar-refractivity contribution is -0.307. The largest absolute Gasteiger partial charge is 0.462 e. The van der Waals surface area contributed by atoms with Crippen LogP contribution < -0.4 is 0 Å². The SMILES string of the molecule is C#CCOC[C@H]1C=C(C)C=CC(=O)[C@H](C)C[C@H](C)[C@H](OC2OC(C)C(OC(C)=O)C(N(C)C)C2OC(C)=O)[C@@H](C)[C@H](O)CC(=O)O[C@@H]1CC. The second kappa shape index (κ2) is 19.9. The maximum absolute atomic E-state index is 13.3. The summed E-state index contributed by atoms with van der Waals surface area (Å²) in [4.78, 5) is 52.7. The predicted octanol–water partition coefficient (Wildman–Crippen LogP) is 3.63. The molecule has 1 saturated heterocycles. The average Bonchev–Trinajstić information content (AvgIpc) is 3.01. The van der Waals surface area contributed by atoms with Gasteiger partial charge < -0.3 is 33.5 Å². The van der Waals surface area contributed by atoms with Crippen molar-refractivity contribution in [1.29, 1.82) is 0 Å². The minimum absolute atomic E-state index is 0.0885. The Morgan fingerprint density at radius 3 is 2.24 bits per heavy atom. The zero-order chi connectivity index (χ0) is 37.0. The molecule has 276 valence electrons. The number of nitrogens with zero attached hydrogens (tertiary/aromatic N) is 1. The van der Waals surface area contributed by atoms with Gasteiger partial charge in [0.25, 0.3) is 0 Å². The Labute approximate surface area is 291 Å². The van der Waals surface area contributed by atoms with Gasteiger partial charge in [-0.15, -0.1) is 6.42 Å². The molecule has 5 unspecified atom stereocenters. The van der Waals surface area contributed by atoms with Crippen molar-refractivity contribution in [2.24, 2.45) is 23.7 Å².